The first kappa shape index (κ1) is 16.0. The van der Waals surface area contributed by atoms with Crippen LogP contribution in [0.2, 0.25) is 0 Å². The van der Waals surface area contributed by atoms with Crippen molar-refractivity contribution in [3.05, 3.63) is 42.0 Å². The van der Waals surface area contributed by atoms with E-state index >= 15 is 0 Å². The van der Waals surface area contributed by atoms with Crippen LogP contribution in [0.3, 0.4) is 0 Å². The molecule has 0 saturated carbocycles. The summed E-state index contributed by atoms with van der Waals surface area (Å²) in [5.74, 6) is 0.305. The number of fused-ring (bicyclic) bond motifs is 1. The summed E-state index contributed by atoms with van der Waals surface area (Å²) in [5.41, 5.74) is 2.80. The van der Waals surface area contributed by atoms with E-state index in [-0.39, 0.29) is 17.8 Å². The second kappa shape index (κ2) is 6.44. The summed E-state index contributed by atoms with van der Waals surface area (Å²) in [4.78, 5) is 17.5. The molecule has 1 amide bonds. The molecule has 25 heavy (non-hydrogen) atoms. The van der Waals surface area contributed by atoms with Gasteiger partial charge in [0.25, 0.3) is 0 Å². The summed E-state index contributed by atoms with van der Waals surface area (Å²) >= 11 is 0. The molecule has 0 aliphatic carbocycles. The zero-order chi connectivity index (χ0) is 17.4. The molecule has 1 aromatic heterocycles. The summed E-state index contributed by atoms with van der Waals surface area (Å²) < 4.78 is 20.6. The molecule has 1 N–H and O–H groups in total. The highest BCUT2D eigenvalue weighted by atomic mass is 19.1. The standard InChI is InChI=1S/C19H20FN3O2/c1-23-18-8-17(20)16(7-12(18)2-3-19(23)24)13-6-15(11-22-9-13)25-14-4-5-21-10-14/h6-9,11,14,21H,2-5,10H2,1H3/t14-/m1/s1. The minimum Gasteiger partial charge on any atom is -0.487 e. The third kappa shape index (κ3) is 3.09. The third-order valence-corrected chi connectivity index (χ3v) is 4.85. The van der Waals surface area contributed by atoms with Crippen molar-refractivity contribution in [3.8, 4) is 16.9 Å². The molecular formula is C19H20FN3O2. The molecule has 1 aromatic carbocycles. The third-order valence-electron chi connectivity index (χ3n) is 4.85. The number of carbonyl (C=O) groups is 1. The number of pyridine rings is 1. The molecule has 0 spiro atoms. The highest BCUT2D eigenvalue weighted by molar-refractivity contribution is 5.96. The topological polar surface area (TPSA) is 54.5 Å². The lowest BCUT2D eigenvalue weighted by Gasteiger charge is -2.26. The van der Waals surface area contributed by atoms with E-state index in [1.807, 2.05) is 12.1 Å². The predicted molar refractivity (Wildman–Crippen MR) is 93.3 cm³/mol. The first-order valence-corrected chi connectivity index (χ1v) is 8.53. The summed E-state index contributed by atoms with van der Waals surface area (Å²) in [6.07, 6.45) is 5.46. The van der Waals surface area contributed by atoms with E-state index in [1.54, 1.807) is 19.4 Å². The minimum atomic E-state index is -0.359. The number of aryl methyl sites for hydroxylation is 1. The Kier molecular flexibility index (Phi) is 4.13. The van der Waals surface area contributed by atoms with Gasteiger partial charge in [-0.3, -0.25) is 9.78 Å². The molecular weight excluding hydrogens is 321 g/mol. The van der Waals surface area contributed by atoms with Gasteiger partial charge >= 0.3 is 0 Å². The Morgan fingerprint density at radius 2 is 2.16 bits per heavy atom. The van der Waals surface area contributed by atoms with Gasteiger partial charge in [-0.05, 0) is 43.1 Å². The molecule has 4 rings (SSSR count). The summed E-state index contributed by atoms with van der Waals surface area (Å²) in [5, 5.41) is 3.25. The number of halogens is 1. The van der Waals surface area contributed by atoms with E-state index < -0.39 is 0 Å². The van der Waals surface area contributed by atoms with E-state index in [0.717, 1.165) is 25.1 Å². The molecule has 1 atom stereocenters. The van der Waals surface area contributed by atoms with Gasteiger partial charge in [-0.2, -0.15) is 0 Å². The van der Waals surface area contributed by atoms with Crippen LogP contribution in [0.15, 0.2) is 30.6 Å². The smallest absolute Gasteiger partial charge is 0.227 e. The maximum Gasteiger partial charge on any atom is 0.227 e. The van der Waals surface area contributed by atoms with Gasteiger partial charge in [0.15, 0.2) is 0 Å². The normalized spacial score (nSPS) is 19.8. The van der Waals surface area contributed by atoms with Crippen molar-refractivity contribution in [1.82, 2.24) is 10.3 Å². The van der Waals surface area contributed by atoms with Gasteiger partial charge in [0.05, 0.1) is 6.20 Å². The molecule has 5 nitrogen and oxygen atoms in total. The summed E-state index contributed by atoms with van der Waals surface area (Å²) in [6, 6.07) is 5.09. The SMILES string of the molecule is CN1C(=O)CCc2cc(-c3cncc(O[C@@H]4CCNC4)c3)c(F)cc21. The maximum atomic E-state index is 14.7. The van der Waals surface area contributed by atoms with Gasteiger partial charge in [0.1, 0.15) is 17.7 Å². The molecule has 1 saturated heterocycles. The van der Waals surface area contributed by atoms with Crippen LogP contribution in [0.4, 0.5) is 10.1 Å². The second-order valence-electron chi connectivity index (χ2n) is 6.56. The molecule has 130 valence electrons. The number of rotatable bonds is 3. The van der Waals surface area contributed by atoms with Crippen LogP contribution in [0, 0.1) is 5.82 Å². The van der Waals surface area contributed by atoms with E-state index in [9.17, 15) is 9.18 Å². The molecule has 0 radical (unpaired) electrons. The van der Waals surface area contributed by atoms with Crippen molar-refractivity contribution in [3.63, 3.8) is 0 Å². The molecule has 0 bridgehead atoms. The van der Waals surface area contributed by atoms with Crippen LogP contribution in [0.1, 0.15) is 18.4 Å². The van der Waals surface area contributed by atoms with Gasteiger partial charge in [0, 0.05) is 43.0 Å². The van der Waals surface area contributed by atoms with Crippen molar-refractivity contribution >= 4 is 11.6 Å². The highest BCUT2D eigenvalue weighted by Crippen LogP contribution is 2.34. The second-order valence-corrected chi connectivity index (χ2v) is 6.56. The number of amides is 1. The number of carbonyl (C=O) groups excluding carboxylic acids is 1. The highest BCUT2D eigenvalue weighted by Gasteiger charge is 2.23. The molecule has 1 fully saturated rings. The van der Waals surface area contributed by atoms with Gasteiger partial charge in [0.2, 0.25) is 5.91 Å². The van der Waals surface area contributed by atoms with Crippen LogP contribution in [-0.2, 0) is 11.2 Å². The van der Waals surface area contributed by atoms with Crippen molar-refractivity contribution < 1.29 is 13.9 Å². The molecule has 3 heterocycles. The number of aromatic nitrogens is 1. The number of hydrogen-bond acceptors (Lipinski definition) is 4. The predicted octanol–water partition coefficient (Wildman–Crippen LogP) is 2.54. The Morgan fingerprint density at radius 1 is 1.28 bits per heavy atom. The van der Waals surface area contributed by atoms with E-state index in [2.05, 4.69) is 10.3 Å². The summed E-state index contributed by atoms with van der Waals surface area (Å²) in [6.45, 7) is 1.77. The number of hydrogen-bond donors (Lipinski definition) is 1. The summed E-state index contributed by atoms with van der Waals surface area (Å²) in [7, 11) is 1.69. The fraction of sp³-hybridized carbons (Fsp3) is 0.368. The number of nitrogens with zero attached hydrogens (tertiary/aromatic N) is 2. The maximum absolute atomic E-state index is 14.7. The Morgan fingerprint density at radius 3 is 2.96 bits per heavy atom. The van der Waals surface area contributed by atoms with Crippen LogP contribution in [-0.4, -0.2) is 37.1 Å². The first-order chi connectivity index (χ1) is 12.1. The Hall–Kier alpha value is -2.47. The Labute approximate surface area is 145 Å². The fourth-order valence-corrected chi connectivity index (χ4v) is 3.44. The molecule has 2 aliphatic heterocycles. The lowest BCUT2D eigenvalue weighted by atomic mass is 9.96. The van der Waals surface area contributed by atoms with Gasteiger partial charge in [-0.1, -0.05) is 0 Å². The monoisotopic (exact) mass is 341 g/mol. The van der Waals surface area contributed by atoms with Gasteiger partial charge in [-0.25, -0.2) is 4.39 Å². The minimum absolute atomic E-state index is 0.0156. The number of nitrogens with one attached hydrogen (secondary N) is 1. The molecule has 0 unspecified atom stereocenters. The van der Waals surface area contributed by atoms with Crippen LogP contribution < -0.4 is 15.0 Å². The Bertz CT molecular complexity index is 818. The lowest BCUT2D eigenvalue weighted by Crippen LogP contribution is -2.31. The van der Waals surface area contributed by atoms with Crippen molar-refractivity contribution in [2.24, 2.45) is 0 Å². The lowest BCUT2D eigenvalue weighted by molar-refractivity contribution is -0.118. The van der Waals surface area contributed by atoms with Gasteiger partial charge in [-0.15, -0.1) is 0 Å². The molecule has 6 heteroatoms. The van der Waals surface area contributed by atoms with E-state index in [0.29, 0.717) is 35.4 Å². The average Bonchev–Trinajstić information content (AvgIpc) is 3.11. The van der Waals surface area contributed by atoms with Gasteiger partial charge < -0.3 is 15.0 Å². The molecule has 2 aromatic rings. The van der Waals surface area contributed by atoms with Crippen molar-refractivity contribution in [2.75, 3.05) is 25.0 Å². The zero-order valence-electron chi connectivity index (χ0n) is 14.1. The van der Waals surface area contributed by atoms with Crippen molar-refractivity contribution in [2.45, 2.75) is 25.4 Å². The number of anilines is 1. The zero-order valence-corrected chi connectivity index (χ0v) is 14.1. The Balaban J connectivity index is 1.66. The van der Waals surface area contributed by atoms with Crippen LogP contribution in [0.5, 0.6) is 5.75 Å². The first-order valence-electron chi connectivity index (χ1n) is 8.53. The van der Waals surface area contributed by atoms with Crippen molar-refractivity contribution in [1.29, 1.82) is 0 Å². The quantitative estimate of drug-likeness (QED) is 0.932. The number of ether oxygens (including phenoxy) is 1. The van der Waals surface area contributed by atoms with Crippen LogP contribution >= 0.6 is 0 Å². The fourth-order valence-electron chi connectivity index (χ4n) is 3.44. The largest absolute Gasteiger partial charge is 0.487 e. The molecule has 2 aliphatic rings. The number of benzene rings is 1. The van der Waals surface area contributed by atoms with E-state index in [1.165, 1.54) is 11.0 Å². The van der Waals surface area contributed by atoms with Crippen LogP contribution in [0.25, 0.3) is 11.1 Å². The van der Waals surface area contributed by atoms with E-state index in [4.69, 9.17) is 4.74 Å². The average molecular weight is 341 g/mol.